The number of carbonyl (C=O) groups is 3. The number of rotatable bonds is 11. The summed E-state index contributed by atoms with van der Waals surface area (Å²) in [5, 5.41) is 20.4. The third-order valence-electron chi connectivity index (χ3n) is 8.35. The molecule has 2 bridgehead atoms. The van der Waals surface area contributed by atoms with Gasteiger partial charge < -0.3 is 24.8 Å². The molecule has 2 N–H and O–H groups in total. The van der Waals surface area contributed by atoms with Gasteiger partial charge in [-0.3, -0.25) is 14.4 Å². The minimum atomic E-state index is -1.09. The Morgan fingerprint density at radius 1 is 1.22 bits per heavy atom. The maximum Gasteiger partial charge on any atom is 0.312 e. The lowest BCUT2D eigenvalue weighted by molar-refractivity contribution is -0.160. The fraction of sp³-hybridized carbons (Fsp3) is 0.654. The predicted molar refractivity (Wildman–Crippen MR) is 132 cm³/mol. The molecule has 0 saturated carbocycles. The Kier molecular flexibility index (Phi) is 6.93. The molecule has 5 rings (SSSR count). The summed E-state index contributed by atoms with van der Waals surface area (Å²) in [5.74, 6) is -2.51. The van der Waals surface area contributed by atoms with Crippen LogP contribution in [0, 0.1) is 11.8 Å². The summed E-state index contributed by atoms with van der Waals surface area (Å²) in [6.07, 6.45) is 3.64. The molecule has 3 saturated heterocycles. The molecule has 1 spiro atoms. The number of carbonyl (C=O) groups excluding carboxylic acids is 3. The lowest BCUT2D eigenvalue weighted by atomic mass is 9.65. The molecule has 2 amide bonds. The summed E-state index contributed by atoms with van der Waals surface area (Å²) in [5.41, 5.74) is -0.393. The molecule has 200 valence electrons. The number of ether oxygens (including phenoxy) is 2. The number of nitrogens with zero attached hydrogens (tertiary/aromatic N) is 4. The van der Waals surface area contributed by atoms with E-state index in [1.165, 1.54) is 0 Å². The Morgan fingerprint density at radius 3 is 2.78 bits per heavy atom. The van der Waals surface area contributed by atoms with E-state index in [4.69, 9.17) is 9.47 Å². The number of hydrogen-bond donors (Lipinski definition) is 2. The van der Waals surface area contributed by atoms with Crippen molar-refractivity contribution in [3.63, 3.8) is 0 Å². The lowest BCUT2D eigenvalue weighted by Gasteiger charge is -2.33. The van der Waals surface area contributed by atoms with Crippen molar-refractivity contribution in [2.24, 2.45) is 11.8 Å². The van der Waals surface area contributed by atoms with E-state index in [-0.39, 0.29) is 31.7 Å². The topological polar surface area (TPSA) is 136 Å². The van der Waals surface area contributed by atoms with Crippen LogP contribution in [-0.4, -0.2) is 79.8 Å². The molecule has 11 nitrogen and oxygen atoms in total. The molecule has 5 atom stereocenters. The fourth-order valence-corrected chi connectivity index (χ4v) is 6.70. The van der Waals surface area contributed by atoms with Crippen molar-refractivity contribution in [1.82, 2.24) is 25.2 Å². The molecule has 2 aromatic rings. The summed E-state index contributed by atoms with van der Waals surface area (Å²) < 4.78 is 13.7. The number of unbranched alkanes of at least 4 members (excludes halogenated alkanes) is 2. The number of aliphatic hydroxyl groups excluding tert-OH is 1. The molecule has 3 aliphatic rings. The number of esters is 1. The second kappa shape index (κ2) is 10.0. The van der Waals surface area contributed by atoms with Crippen molar-refractivity contribution in [2.45, 2.75) is 76.3 Å². The third kappa shape index (κ3) is 3.99. The number of nitrogens with one attached hydrogen (secondary N) is 1. The third-order valence-corrected chi connectivity index (χ3v) is 8.35. The van der Waals surface area contributed by atoms with Crippen LogP contribution in [0.4, 0.5) is 0 Å². The number of likely N-dealkylation sites (tertiary alicyclic amines) is 1. The van der Waals surface area contributed by atoms with Crippen molar-refractivity contribution < 1.29 is 29.0 Å². The first-order valence-corrected chi connectivity index (χ1v) is 13.3. The summed E-state index contributed by atoms with van der Waals surface area (Å²) in [6, 6.07) is 6.59. The maximum absolute atomic E-state index is 13.9. The molecule has 11 heteroatoms. The van der Waals surface area contributed by atoms with Gasteiger partial charge in [-0.25, -0.2) is 4.68 Å². The molecule has 3 aliphatic heterocycles. The van der Waals surface area contributed by atoms with Crippen molar-refractivity contribution in [1.29, 1.82) is 0 Å². The maximum atomic E-state index is 13.9. The molecule has 3 fully saturated rings. The highest BCUT2D eigenvalue weighted by Gasteiger charge is 2.78. The van der Waals surface area contributed by atoms with Crippen LogP contribution in [0.2, 0.25) is 0 Å². The zero-order chi connectivity index (χ0) is 26.2. The van der Waals surface area contributed by atoms with E-state index < -0.39 is 35.0 Å². The van der Waals surface area contributed by atoms with Gasteiger partial charge in [0.05, 0.1) is 23.6 Å². The highest BCUT2D eigenvalue weighted by molar-refractivity contribution is 5.98. The molecule has 4 heterocycles. The van der Waals surface area contributed by atoms with Crippen LogP contribution < -0.4 is 5.32 Å². The number of hydrogen-bond acceptors (Lipinski definition) is 8. The van der Waals surface area contributed by atoms with Gasteiger partial charge in [0, 0.05) is 13.2 Å². The van der Waals surface area contributed by atoms with E-state index in [1.54, 1.807) is 16.5 Å². The standard InChI is InChI=1S/C26H35N5O6/c1-3-25-12-13-26(37-25)19(20(25)24(35)36-4-2)23(34)30(14-8-5-9-15-32)21(26)22(33)27-16-31-18-11-7-6-10-17(18)28-29-31/h6-7,10-11,19-21,32H,3-5,8-9,12-16H2,1-2H3,(H,27,33)/t19-,20-,21?,25+,26?/m0/s1. The first-order valence-electron chi connectivity index (χ1n) is 13.3. The fourth-order valence-electron chi connectivity index (χ4n) is 6.70. The summed E-state index contributed by atoms with van der Waals surface area (Å²) in [7, 11) is 0. The lowest BCUT2D eigenvalue weighted by Crippen LogP contribution is -2.55. The zero-order valence-corrected chi connectivity index (χ0v) is 21.4. The van der Waals surface area contributed by atoms with Crippen LogP contribution in [0.25, 0.3) is 11.0 Å². The van der Waals surface area contributed by atoms with Gasteiger partial charge in [0.1, 0.15) is 29.7 Å². The largest absolute Gasteiger partial charge is 0.466 e. The van der Waals surface area contributed by atoms with Crippen molar-refractivity contribution >= 4 is 28.8 Å². The number of amides is 2. The second-order valence-electron chi connectivity index (χ2n) is 10.2. The minimum Gasteiger partial charge on any atom is -0.466 e. The van der Waals surface area contributed by atoms with Gasteiger partial charge in [-0.15, -0.1) is 5.10 Å². The first-order chi connectivity index (χ1) is 17.9. The van der Waals surface area contributed by atoms with E-state index in [0.717, 1.165) is 17.5 Å². The molecular weight excluding hydrogens is 478 g/mol. The normalized spacial score (nSPS) is 30.2. The van der Waals surface area contributed by atoms with Gasteiger partial charge in [-0.05, 0) is 57.6 Å². The van der Waals surface area contributed by atoms with E-state index in [0.29, 0.717) is 38.6 Å². The number of aliphatic hydroxyl groups is 1. The predicted octanol–water partition coefficient (Wildman–Crippen LogP) is 1.39. The van der Waals surface area contributed by atoms with E-state index in [9.17, 15) is 19.5 Å². The molecular formula is C26H35N5O6. The second-order valence-corrected chi connectivity index (χ2v) is 10.2. The van der Waals surface area contributed by atoms with Gasteiger partial charge in [0.2, 0.25) is 11.8 Å². The Labute approximate surface area is 215 Å². The van der Waals surface area contributed by atoms with E-state index in [1.807, 2.05) is 31.2 Å². The number of para-hydroxylation sites is 1. The Hall–Kier alpha value is -3.05. The average molecular weight is 514 g/mol. The number of aromatic nitrogens is 3. The first kappa shape index (κ1) is 25.6. The quantitative estimate of drug-likeness (QED) is 0.340. The van der Waals surface area contributed by atoms with Gasteiger partial charge in [-0.2, -0.15) is 0 Å². The monoisotopic (exact) mass is 513 g/mol. The zero-order valence-electron chi connectivity index (χ0n) is 21.4. The van der Waals surface area contributed by atoms with E-state index in [2.05, 4.69) is 15.6 Å². The van der Waals surface area contributed by atoms with Gasteiger partial charge in [0.15, 0.2) is 0 Å². The van der Waals surface area contributed by atoms with Crippen LogP contribution in [-0.2, 0) is 30.5 Å². The molecule has 1 aromatic heterocycles. The highest BCUT2D eigenvalue weighted by Crippen LogP contribution is 2.64. The molecule has 2 unspecified atom stereocenters. The van der Waals surface area contributed by atoms with Crippen LogP contribution >= 0.6 is 0 Å². The van der Waals surface area contributed by atoms with Crippen molar-refractivity contribution in [2.75, 3.05) is 19.8 Å². The van der Waals surface area contributed by atoms with Crippen LogP contribution in [0.5, 0.6) is 0 Å². The summed E-state index contributed by atoms with van der Waals surface area (Å²) in [6.45, 7) is 4.42. The van der Waals surface area contributed by atoms with Crippen LogP contribution in [0.3, 0.4) is 0 Å². The average Bonchev–Trinajstić information content (AvgIpc) is 3.62. The van der Waals surface area contributed by atoms with Crippen molar-refractivity contribution in [3.8, 4) is 0 Å². The van der Waals surface area contributed by atoms with Gasteiger partial charge in [0.25, 0.3) is 0 Å². The highest BCUT2D eigenvalue weighted by atomic mass is 16.6. The van der Waals surface area contributed by atoms with E-state index >= 15 is 0 Å². The smallest absolute Gasteiger partial charge is 0.312 e. The van der Waals surface area contributed by atoms with Crippen LogP contribution in [0.15, 0.2) is 24.3 Å². The number of benzene rings is 1. The van der Waals surface area contributed by atoms with Crippen LogP contribution in [0.1, 0.15) is 52.4 Å². The Morgan fingerprint density at radius 2 is 2.03 bits per heavy atom. The van der Waals surface area contributed by atoms with Gasteiger partial charge >= 0.3 is 5.97 Å². The van der Waals surface area contributed by atoms with Crippen molar-refractivity contribution in [3.05, 3.63) is 24.3 Å². The summed E-state index contributed by atoms with van der Waals surface area (Å²) >= 11 is 0. The minimum absolute atomic E-state index is 0.0728. The van der Waals surface area contributed by atoms with Gasteiger partial charge in [-0.1, -0.05) is 24.3 Å². The Bertz CT molecular complexity index is 1190. The molecule has 1 aromatic carbocycles. The Balaban J connectivity index is 1.45. The molecule has 0 radical (unpaired) electrons. The summed E-state index contributed by atoms with van der Waals surface area (Å²) in [4.78, 5) is 42.5. The number of fused-ring (bicyclic) bond motifs is 2. The molecule has 37 heavy (non-hydrogen) atoms. The SMILES string of the molecule is CCOC(=O)[C@@H]1[C@H]2C(=O)N(CCCCCO)C(C(=O)NCn3nnc4ccccc43)C23CC[C@@]1(CC)O3. The molecule has 0 aliphatic carbocycles.